The minimum atomic E-state index is -4.97. The summed E-state index contributed by atoms with van der Waals surface area (Å²) in [7, 11) is 6.34. The smallest absolute Gasteiger partial charge is 0.418 e. The van der Waals surface area contributed by atoms with E-state index in [1.807, 2.05) is 13.0 Å². The quantitative estimate of drug-likeness (QED) is 0.0342. The summed E-state index contributed by atoms with van der Waals surface area (Å²) < 4.78 is 304. The molecular formula is C89H79F19N16O14. The van der Waals surface area contributed by atoms with Crippen LogP contribution in [-0.2, 0) is 82.3 Å². The zero-order chi connectivity index (χ0) is 100. The number of imidazole rings is 3. The Morgan fingerprint density at radius 2 is 0.783 bits per heavy atom. The first-order valence-electron chi connectivity index (χ1n) is 41.3. The lowest BCUT2D eigenvalue weighted by Gasteiger charge is -2.38. The van der Waals surface area contributed by atoms with Gasteiger partial charge < -0.3 is 81.4 Å². The molecule has 3 fully saturated rings. The average molecular weight is 1960 g/mol. The number of fused-ring (bicyclic) bond motifs is 3. The molecule has 138 heavy (non-hydrogen) atoms. The van der Waals surface area contributed by atoms with Crippen molar-refractivity contribution < 1.29 is 141 Å². The number of amides is 3. The fraction of sp³-hybridized carbons (Fsp3) is 0.337. The van der Waals surface area contributed by atoms with E-state index in [9.17, 15) is 95.4 Å². The SMILES string of the molecule is COC(=O)[C@H](Cc1ccc(-c2c(C)cc(C)n(C)c2=O)c2nccn12)NC(=O)c1c(F)cc(N2CCOC[C@@H]2C(F)(F)F)cc1F.COC(=O)[C@H](Cc1ccc(-c2nc(C)cn(C)c2=O)c2nccn12)NC(=O)c1c(F)cc(N2CCOC[C@@H]2C(F)(F)F)cc1F.COC(=O)[C@H](Cc1ccc(-c2ncc(F)cc2C(F)(F)F)c2nccn12)NC(=O)c1c(F)cc(N2CCOC[C@@H]2C(F)(F)F)cc1F. The van der Waals surface area contributed by atoms with E-state index in [0.29, 0.717) is 92.6 Å². The highest BCUT2D eigenvalue weighted by Gasteiger charge is 2.50. The highest BCUT2D eigenvalue weighted by atomic mass is 19.4. The van der Waals surface area contributed by atoms with Crippen LogP contribution in [0.2, 0.25) is 0 Å². The molecule has 12 aromatic rings. The number of ether oxygens (including phenoxy) is 6. The standard InChI is InChI=1S/C31H30F5N5O5.C29H22F9N5O4.C29H27F5N6O5/c1-16-11-17(2)39(3)29(43)25(16)20-6-5-18(41-8-7-37-27(20)41)14-23(30(44)45-4)38-28(42)26-21(32)12-19(13-22(26)33)40-9-10-46-15-24(40)31(34,35)36;1-46-27(45)21(41-26(44)23-19(31)9-16(10-20(23)32)42-6-7-47-13-22(42)29(36,37)38)11-15-2-3-17(25-39-4-5-43(15)25)24-18(28(33,34)35)8-14(30)12-40-24;1-15-13-38(2)27(42)24(36-15)18-5-4-16(40-7-6-35-25(18)40)12-21(28(43)44-3)37-26(41)23-19(30)10-17(11-20(23)31)39-8-9-45-14-22(39)29(32,33)34/h5-8,11-13,23-24H,9-10,14-15H2,1-4H3,(H,38,42);2-5,8-10,12,21-22H,6-7,11,13H2,1H3,(H,41,44);4-7,10-11,13,21-22H,8-9,12,14H2,1-3H3,(H,37,41)/t23-,24+;2*21-,22+/m000/s1. The van der Waals surface area contributed by atoms with Crippen molar-refractivity contribution in [1.29, 1.82) is 0 Å². The third-order valence-electron chi connectivity index (χ3n) is 22.8. The predicted molar refractivity (Wildman–Crippen MR) is 451 cm³/mol. The maximum absolute atomic E-state index is 15.2. The molecule has 6 atom stereocenters. The maximum atomic E-state index is 15.2. The molecule has 12 heterocycles. The molecule has 3 aromatic carbocycles. The number of hydrogen-bond acceptors (Lipinski definition) is 22. The lowest BCUT2D eigenvalue weighted by molar-refractivity contribution is -0.167. The van der Waals surface area contributed by atoms with Crippen LogP contribution >= 0.6 is 0 Å². The summed E-state index contributed by atoms with van der Waals surface area (Å²) in [5, 5.41) is 6.70. The zero-order valence-corrected chi connectivity index (χ0v) is 73.4. The van der Waals surface area contributed by atoms with Crippen molar-refractivity contribution >= 4 is 69.6 Å². The van der Waals surface area contributed by atoms with E-state index in [1.165, 1.54) is 50.5 Å². The van der Waals surface area contributed by atoms with Gasteiger partial charge in [-0.3, -0.25) is 29.0 Å². The Bertz CT molecular complexity index is 6750. The van der Waals surface area contributed by atoms with Gasteiger partial charge in [-0.15, -0.1) is 0 Å². The molecule has 0 unspecified atom stereocenters. The molecule has 0 radical (unpaired) electrons. The third kappa shape index (κ3) is 21.5. The number of aryl methyl sites for hydroxylation is 4. The molecule has 9 aromatic heterocycles. The van der Waals surface area contributed by atoms with Crippen LogP contribution in [0.4, 0.5) is 100 Å². The Morgan fingerprint density at radius 3 is 1.12 bits per heavy atom. The summed E-state index contributed by atoms with van der Waals surface area (Å²) in [6.45, 7) is 1.90. The topological polar surface area (TPSA) is 325 Å². The lowest BCUT2D eigenvalue weighted by Crippen LogP contribution is -2.53. The number of morpholine rings is 3. The fourth-order valence-electron chi connectivity index (χ4n) is 16.1. The van der Waals surface area contributed by atoms with Gasteiger partial charge in [0.1, 0.15) is 116 Å². The number of pyridine rings is 5. The van der Waals surface area contributed by atoms with Gasteiger partial charge in [0, 0.05) is 153 Å². The van der Waals surface area contributed by atoms with E-state index in [-0.39, 0.29) is 92.1 Å². The lowest BCUT2D eigenvalue weighted by atomic mass is 10.0. The van der Waals surface area contributed by atoms with Crippen LogP contribution in [0.3, 0.4) is 0 Å². The number of anilines is 3. The molecule has 732 valence electrons. The summed E-state index contributed by atoms with van der Waals surface area (Å²) in [6, 6.07) is 3.73. The van der Waals surface area contributed by atoms with E-state index >= 15 is 26.3 Å². The number of methoxy groups -OCH3 is 3. The van der Waals surface area contributed by atoms with Crippen molar-refractivity contribution in [2.24, 2.45) is 14.1 Å². The second kappa shape index (κ2) is 40.8. The fourth-order valence-corrected chi connectivity index (χ4v) is 16.1. The van der Waals surface area contributed by atoms with E-state index in [0.717, 1.165) is 42.4 Å². The van der Waals surface area contributed by atoms with Crippen LogP contribution in [-0.4, -0.2) is 218 Å². The molecule has 3 N–H and O–H groups in total. The van der Waals surface area contributed by atoms with Crippen molar-refractivity contribution in [2.45, 2.75) is 101 Å². The van der Waals surface area contributed by atoms with E-state index in [4.69, 9.17) is 28.4 Å². The predicted octanol–water partition coefficient (Wildman–Crippen LogP) is 12.0. The van der Waals surface area contributed by atoms with Crippen molar-refractivity contribution in [2.75, 3.05) is 95.3 Å². The Kier molecular flexibility index (Phi) is 29.8. The molecule has 3 amide bonds. The zero-order valence-electron chi connectivity index (χ0n) is 73.4. The number of nitrogens with one attached hydrogen (secondary N) is 3. The molecule has 3 aliphatic rings. The number of esters is 3. The van der Waals surface area contributed by atoms with Gasteiger partial charge in [0.25, 0.3) is 28.8 Å². The number of benzene rings is 3. The summed E-state index contributed by atoms with van der Waals surface area (Å²) in [5.74, 6) is -16.9. The van der Waals surface area contributed by atoms with Crippen LogP contribution in [0.5, 0.6) is 0 Å². The van der Waals surface area contributed by atoms with E-state index < -0.39 is 209 Å². The van der Waals surface area contributed by atoms with Crippen molar-refractivity contribution in [3.8, 4) is 33.6 Å². The van der Waals surface area contributed by atoms with Crippen LogP contribution in [0.1, 0.15) is 70.7 Å². The minimum Gasteiger partial charge on any atom is -0.467 e. The Hall–Kier alpha value is -14.5. The third-order valence-corrected chi connectivity index (χ3v) is 22.8. The number of aromatic nitrogens is 10. The van der Waals surface area contributed by atoms with Crippen molar-refractivity contribution in [3.05, 3.63) is 252 Å². The van der Waals surface area contributed by atoms with Gasteiger partial charge in [-0.05, 0) is 111 Å². The van der Waals surface area contributed by atoms with Gasteiger partial charge in [-0.1, -0.05) is 0 Å². The Morgan fingerprint density at radius 1 is 0.449 bits per heavy atom. The first kappa shape index (κ1) is 101. The second-order valence-electron chi connectivity index (χ2n) is 31.6. The van der Waals surface area contributed by atoms with Gasteiger partial charge in [0.2, 0.25) is 0 Å². The van der Waals surface area contributed by atoms with Crippen LogP contribution in [0.25, 0.3) is 50.6 Å². The summed E-state index contributed by atoms with van der Waals surface area (Å²) in [5.41, 5.74) is -2.18. The van der Waals surface area contributed by atoms with Crippen LogP contribution in [0, 0.1) is 61.5 Å². The number of carbonyl (C=O) groups excluding carboxylic acids is 6. The van der Waals surface area contributed by atoms with E-state index in [2.05, 4.69) is 40.9 Å². The van der Waals surface area contributed by atoms with Crippen LogP contribution in [0.15, 0.2) is 144 Å². The number of halogens is 19. The highest BCUT2D eigenvalue weighted by molar-refractivity contribution is 6.00. The first-order valence-corrected chi connectivity index (χ1v) is 41.3. The number of hydrogen-bond donors (Lipinski definition) is 3. The average Bonchev–Trinajstić information content (AvgIpc) is 1.46. The van der Waals surface area contributed by atoms with Gasteiger partial charge >= 0.3 is 42.6 Å². The molecule has 0 spiro atoms. The molecule has 0 bridgehead atoms. The van der Waals surface area contributed by atoms with Gasteiger partial charge in [-0.2, -0.15) is 52.7 Å². The van der Waals surface area contributed by atoms with Crippen molar-refractivity contribution in [3.63, 3.8) is 0 Å². The highest BCUT2D eigenvalue weighted by Crippen LogP contribution is 2.41. The van der Waals surface area contributed by atoms with Crippen molar-refractivity contribution in [1.82, 2.24) is 63.2 Å². The molecular weight excluding hydrogens is 1880 g/mol. The minimum absolute atomic E-state index is 0.0880. The number of alkyl halides is 12. The van der Waals surface area contributed by atoms with Gasteiger partial charge in [0.05, 0.1) is 89.7 Å². The summed E-state index contributed by atoms with van der Waals surface area (Å²) in [6.07, 6.45) is -9.29. The monoisotopic (exact) mass is 1960 g/mol. The molecule has 49 heteroatoms. The number of carbonyl (C=O) groups is 6. The maximum Gasteiger partial charge on any atom is 0.418 e. The molecule has 15 rings (SSSR count). The second-order valence-corrected chi connectivity index (χ2v) is 31.6. The molecule has 3 aliphatic heterocycles. The van der Waals surface area contributed by atoms with Crippen LogP contribution < -0.4 is 41.8 Å². The molecule has 3 saturated heterocycles. The number of rotatable bonds is 21. The van der Waals surface area contributed by atoms with Gasteiger partial charge in [0.15, 0.2) is 0 Å². The number of nitrogens with zero attached hydrogens (tertiary/aromatic N) is 13. The Labute approximate surface area is 766 Å². The summed E-state index contributed by atoms with van der Waals surface area (Å²) >= 11 is 0. The summed E-state index contributed by atoms with van der Waals surface area (Å²) in [4.78, 5) is 126. The molecule has 0 saturated carbocycles. The first-order chi connectivity index (χ1) is 65.1. The largest absolute Gasteiger partial charge is 0.467 e. The Balaban J connectivity index is 0.000000175. The molecule has 30 nitrogen and oxygen atoms in total. The van der Waals surface area contributed by atoms with E-state index in [1.54, 1.807) is 79.6 Å². The van der Waals surface area contributed by atoms with Gasteiger partial charge in [-0.25, -0.2) is 65.1 Å². The normalized spacial score (nSPS) is 16.1. The molecule has 0 aliphatic carbocycles.